The zero-order valence-electron chi connectivity index (χ0n) is 10.2. The fraction of sp³-hybridized carbons (Fsp3) is 0.400. The zero-order valence-corrected chi connectivity index (χ0v) is 11.8. The van der Waals surface area contributed by atoms with Gasteiger partial charge in [0.25, 0.3) is 5.69 Å². The van der Waals surface area contributed by atoms with Crippen LogP contribution in [0.4, 0.5) is 11.5 Å². The summed E-state index contributed by atoms with van der Waals surface area (Å²) in [5.74, 6) is -1.15. The second kappa shape index (κ2) is 5.49. The van der Waals surface area contributed by atoms with Gasteiger partial charge in [-0.15, -0.1) is 0 Å². The molecular weight excluding hydrogens is 322 g/mol. The highest BCUT2D eigenvalue weighted by Gasteiger charge is 2.30. The number of anilines is 1. The number of hydrogen-bond donors (Lipinski definition) is 3. The molecule has 1 aromatic rings. The Bertz CT molecular complexity index is 532. The summed E-state index contributed by atoms with van der Waals surface area (Å²) in [6, 6.07) is 0. The molecule has 3 N–H and O–H groups in total. The van der Waals surface area contributed by atoms with Crippen LogP contribution in [0.5, 0.6) is 0 Å². The van der Waals surface area contributed by atoms with Crippen molar-refractivity contribution in [1.82, 2.24) is 4.98 Å². The molecule has 8 nitrogen and oxygen atoms in total. The fourth-order valence-electron chi connectivity index (χ4n) is 1.21. The molecule has 0 bridgehead atoms. The number of nitrogens with one attached hydrogen (secondary N) is 1. The zero-order chi connectivity index (χ0) is 14.8. The maximum absolute atomic E-state index is 10.7. The van der Waals surface area contributed by atoms with E-state index in [-0.39, 0.29) is 18.1 Å². The minimum atomic E-state index is -1.96. The highest BCUT2D eigenvalue weighted by molar-refractivity contribution is 9.10. The Morgan fingerprint density at radius 1 is 1.68 bits per heavy atom. The van der Waals surface area contributed by atoms with Crippen LogP contribution in [0.3, 0.4) is 0 Å². The van der Waals surface area contributed by atoms with E-state index in [1.54, 1.807) is 0 Å². The van der Waals surface area contributed by atoms with Crippen molar-refractivity contribution in [3.05, 3.63) is 26.3 Å². The van der Waals surface area contributed by atoms with Gasteiger partial charge in [-0.05, 0) is 29.8 Å². The van der Waals surface area contributed by atoms with E-state index >= 15 is 0 Å². The predicted octanol–water partition coefficient (Wildman–Crippen LogP) is 1.31. The van der Waals surface area contributed by atoms with Crippen LogP contribution in [-0.2, 0) is 4.79 Å². The molecule has 0 fully saturated rings. The van der Waals surface area contributed by atoms with Crippen molar-refractivity contribution in [2.45, 2.75) is 19.4 Å². The van der Waals surface area contributed by atoms with Gasteiger partial charge in [0.05, 0.1) is 15.9 Å². The number of nitrogens with zero attached hydrogens (tertiary/aromatic N) is 2. The summed E-state index contributed by atoms with van der Waals surface area (Å²) in [5, 5.41) is 31.6. The summed E-state index contributed by atoms with van der Waals surface area (Å²) in [5.41, 5.74) is -1.75. The SMILES string of the molecule is Cc1c([N+](=O)[O-])cnc(NCC(C)(O)C(=O)O)c1Br. The van der Waals surface area contributed by atoms with Crippen LogP contribution in [0.25, 0.3) is 0 Å². The fourth-order valence-corrected chi connectivity index (χ4v) is 1.65. The van der Waals surface area contributed by atoms with Crippen LogP contribution in [0.15, 0.2) is 10.7 Å². The molecule has 0 spiro atoms. The number of aromatic nitrogens is 1. The third kappa shape index (κ3) is 3.38. The number of halogens is 1. The Balaban J connectivity index is 2.96. The van der Waals surface area contributed by atoms with Gasteiger partial charge in [-0.2, -0.15) is 0 Å². The lowest BCUT2D eigenvalue weighted by atomic mass is 10.1. The number of carboxylic acids is 1. The molecule has 104 valence electrons. The first-order chi connectivity index (χ1) is 8.66. The van der Waals surface area contributed by atoms with Gasteiger partial charge in [-0.1, -0.05) is 0 Å². The number of aliphatic hydroxyl groups is 1. The van der Waals surface area contributed by atoms with Crippen LogP contribution in [0.2, 0.25) is 0 Å². The van der Waals surface area contributed by atoms with Crippen molar-refractivity contribution in [3.8, 4) is 0 Å². The molecule has 0 aromatic carbocycles. The van der Waals surface area contributed by atoms with Crippen LogP contribution < -0.4 is 5.32 Å². The van der Waals surface area contributed by atoms with Gasteiger partial charge in [0.2, 0.25) is 0 Å². The Morgan fingerprint density at radius 2 is 2.26 bits per heavy atom. The number of rotatable bonds is 5. The van der Waals surface area contributed by atoms with Crippen molar-refractivity contribution in [2.24, 2.45) is 0 Å². The largest absolute Gasteiger partial charge is 0.479 e. The average molecular weight is 334 g/mol. The Hall–Kier alpha value is -1.74. The summed E-state index contributed by atoms with van der Waals surface area (Å²) < 4.78 is 0.350. The number of nitro groups is 1. The van der Waals surface area contributed by atoms with Gasteiger partial charge in [0.1, 0.15) is 12.0 Å². The van der Waals surface area contributed by atoms with Gasteiger partial charge < -0.3 is 15.5 Å². The maximum atomic E-state index is 10.7. The molecule has 9 heteroatoms. The van der Waals surface area contributed by atoms with Gasteiger partial charge in [-0.3, -0.25) is 10.1 Å². The Labute approximate surface area is 116 Å². The van der Waals surface area contributed by atoms with Crippen molar-refractivity contribution in [2.75, 3.05) is 11.9 Å². The van der Waals surface area contributed by atoms with Gasteiger partial charge in [0.15, 0.2) is 5.60 Å². The molecular formula is C10H12BrN3O5. The molecule has 1 heterocycles. The van der Waals surface area contributed by atoms with Crippen molar-refractivity contribution in [1.29, 1.82) is 0 Å². The topological polar surface area (TPSA) is 126 Å². The van der Waals surface area contributed by atoms with E-state index in [0.717, 1.165) is 13.1 Å². The quantitative estimate of drug-likeness (QED) is 0.547. The summed E-state index contributed by atoms with van der Waals surface area (Å²) in [6.45, 7) is 2.38. The smallest absolute Gasteiger partial charge is 0.337 e. The van der Waals surface area contributed by atoms with Crippen molar-refractivity contribution < 1.29 is 19.9 Å². The van der Waals surface area contributed by atoms with E-state index in [1.165, 1.54) is 6.92 Å². The lowest BCUT2D eigenvalue weighted by Gasteiger charge is -2.19. The maximum Gasteiger partial charge on any atom is 0.337 e. The highest BCUT2D eigenvalue weighted by Crippen LogP contribution is 2.30. The minimum Gasteiger partial charge on any atom is -0.479 e. The number of hydrogen-bond acceptors (Lipinski definition) is 6. The molecule has 1 unspecified atom stereocenters. The Morgan fingerprint density at radius 3 is 2.74 bits per heavy atom. The summed E-state index contributed by atoms with van der Waals surface area (Å²) in [4.78, 5) is 24.7. The lowest BCUT2D eigenvalue weighted by molar-refractivity contribution is -0.385. The van der Waals surface area contributed by atoms with E-state index in [4.69, 9.17) is 5.11 Å². The molecule has 1 rings (SSSR count). The Kier molecular flexibility index (Phi) is 4.43. The molecule has 0 radical (unpaired) electrons. The second-order valence-electron chi connectivity index (χ2n) is 4.12. The van der Waals surface area contributed by atoms with Gasteiger partial charge >= 0.3 is 5.97 Å². The van der Waals surface area contributed by atoms with Crippen LogP contribution in [0.1, 0.15) is 12.5 Å². The minimum absolute atomic E-state index is 0.151. The van der Waals surface area contributed by atoms with Crippen molar-refractivity contribution >= 4 is 33.4 Å². The third-order valence-corrected chi connectivity index (χ3v) is 3.47. The number of carbonyl (C=O) groups is 1. The molecule has 0 saturated heterocycles. The first kappa shape index (κ1) is 15.3. The molecule has 1 atom stereocenters. The molecule has 0 aliphatic heterocycles. The number of pyridine rings is 1. The van der Waals surface area contributed by atoms with E-state index in [0.29, 0.717) is 10.0 Å². The van der Waals surface area contributed by atoms with E-state index in [9.17, 15) is 20.0 Å². The molecule has 1 aromatic heterocycles. The number of aliphatic carboxylic acids is 1. The van der Waals surface area contributed by atoms with Crippen LogP contribution in [0, 0.1) is 17.0 Å². The molecule has 0 amide bonds. The second-order valence-corrected chi connectivity index (χ2v) is 4.91. The monoisotopic (exact) mass is 333 g/mol. The van der Waals surface area contributed by atoms with Crippen LogP contribution in [-0.4, -0.2) is 38.2 Å². The first-order valence-electron chi connectivity index (χ1n) is 5.16. The first-order valence-corrected chi connectivity index (χ1v) is 5.95. The number of carboxylic acid groups (broad SMARTS) is 1. The predicted molar refractivity (Wildman–Crippen MR) is 70.1 cm³/mol. The normalized spacial score (nSPS) is 13.7. The summed E-state index contributed by atoms with van der Waals surface area (Å²) >= 11 is 3.15. The molecule has 0 aliphatic rings. The van der Waals surface area contributed by atoms with Gasteiger partial charge in [-0.25, -0.2) is 9.78 Å². The lowest BCUT2D eigenvalue weighted by Crippen LogP contribution is -2.42. The van der Waals surface area contributed by atoms with Crippen molar-refractivity contribution in [3.63, 3.8) is 0 Å². The molecule has 19 heavy (non-hydrogen) atoms. The summed E-state index contributed by atoms with van der Waals surface area (Å²) in [6.07, 6.45) is 1.07. The van der Waals surface area contributed by atoms with Gasteiger partial charge in [0, 0.05) is 5.56 Å². The van der Waals surface area contributed by atoms with E-state index < -0.39 is 16.5 Å². The van der Waals surface area contributed by atoms with E-state index in [2.05, 4.69) is 26.2 Å². The average Bonchev–Trinajstić information content (AvgIpc) is 2.30. The summed E-state index contributed by atoms with van der Waals surface area (Å²) in [7, 11) is 0. The molecule has 0 saturated carbocycles. The third-order valence-electron chi connectivity index (χ3n) is 2.49. The standard InChI is InChI=1S/C10H12BrN3O5/c1-5-6(14(18)19)3-12-8(7(5)11)13-4-10(2,17)9(15)16/h3,17H,4H2,1-2H3,(H,12,13)(H,15,16). The highest BCUT2D eigenvalue weighted by atomic mass is 79.9. The molecule has 0 aliphatic carbocycles. The van der Waals surface area contributed by atoms with E-state index in [1.807, 2.05) is 0 Å². The van der Waals surface area contributed by atoms with Crippen LogP contribution >= 0.6 is 15.9 Å².